The molecule has 0 aromatic rings. The van der Waals surface area contributed by atoms with Crippen molar-refractivity contribution >= 4 is 5.97 Å². The fourth-order valence-corrected chi connectivity index (χ4v) is 1.01. The molecule has 0 aliphatic heterocycles. The van der Waals surface area contributed by atoms with Crippen molar-refractivity contribution in [3.8, 4) is 0 Å². The SMILES string of the molecule is C=C/C=C(\C=C)CCCCC(=O)O. The van der Waals surface area contributed by atoms with Crippen LogP contribution in [0.15, 0.2) is 37.0 Å². The van der Waals surface area contributed by atoms with Crippen molar-refractivity contribution < 1.29 is 9.90 Å². The van der Waals surface area contributed by atoms with Gasteiger partial charge in [0.2, 0.25) is 0 Å². The van der Waals surface area contributed by atoms with Gasteiger partial charge in [-0.25, -0.2) is 0 Å². The van der Waals surface area contributed by atoms with E-state index in [4.69, 9.17) is 5.11 Å². The Kier molecular flexibility index (Phi) is 6.60. The highest BCUT2D eigenvalue weighted by Gasteiger charge is 1.96. The largest absolute Gasteiger partial charge is 0.481 e. The highest BCUT2D eigenvalue weighted by atomic mass is 16.4. The van der Waals surface area contributed by atoms with Gasteiger partial charge in [-0.05, 0) is 24.8 Å². The van der Waals surface area contributed by atoms with E-state index in [0.717, 1.165) is 24.8 Å². The third-order valence-electron chi connectivity index (χ3n) is 1.70. The van der Waals surface area contributed by atoms with Crippen molar-refractivity contribution in [2.24, 2.45) is 0 Å². The number of allylic oxidation sites excluding steroid dienone is 4. The van der Waals surface area contributed by atoms with Gasteiger partial charge in [-0.3, -0.25) is 4.79 Å². The molecule has 0 bridgehead atoms. The molecule has 13 heavy (non-hydrogen) atoms. The Labute approximate surface area is 79.3 Å². The normalized spacial score (nSPS) is 10.9. The number of hydrogen-bond acceptors (Lipinski definition) is 1. The van der Waals surface area contributed by atoms with Crippen molar-refractivity contribution in [2.75, 3.05) is 0 Å². The van der Waals surface area contributed by atoms with Crippen molar-refractivity contribution in [1.82, 2.24) is 0 Å². The van der Waals surface area contributed by atoms with E-state index in [1.807, 2.05) is 6.08 Å². The quantitative estimate of drug-likeness (QED) is 0.483. The maximum atomic E-state index is 10.2. The lowest BCUT2D eigenvalue weighted by Crippen LogP contribution is -1.93. The van der Waals surface area contributed by atoms with Crippen molar-refractivity contribution in [1.29, 1.82) is 0 Å². The molecule has 0 amide bonds. The summed E-state index contributed by atoms with van der Waals surface area (Å²) in [5.41, 5.74) is 1.11. The Hall–Kier alpha value is -1.31. The number of carbonyl (C=O) groups is 1. The van der Waals surface area contributed by atoms with Gasteiger partial charge in [0.1, 0.15) is 0 Å². The Morgan fingerprint density at radius 1 is 1.23 bits per heavy atom. The first-order chi connectivity index (χ1) is 6.20. The van der Waals surface area contributed by atoms with Gasteiger partial charge in [0.15, 0.2) is 0 Å². The van der Waals surface area contributed by atoms with Crippen LogP contribution in [0.4, 0.5) is 0 Å². The van der Waals surface area contributed by atoms with E-state index in [2.05, 4.69) is 13.2 Å². The summed E-state index contributed by atoms with van der Waals surface area (Å²) in [6.07, 6.45) is 8.13. The predicted octanol–water partition coefficient (Wildman–Crippen LogP) is 2.93. The molecule has 0 aromatic heterocycles. The Balaban J connectivity index is 3.61. The lowest BCUT2D eigenvalue weighted by molar-refractivity contribution is -0.137. The zero-order valence-electron chi connectivity index (χ0n) is 7.83. The molecule has 0 aliphatic carbocycles. The number of aliphatic carboxylic acids is 1. The summed E-state index contributed by atoms with van der Waals surface area (Å²) < 4.78 is 0. The average Bonchev–Trinajstić information content (AvgIpc) is 2.10. The molecule has 2 heteroatoms. The van der Waals surface area contributed by atoms with E-state index >= 15 is 0 Å². The Morgan fingerprint density at radius 3 is 2.31 bits per heavy atom. The average molecular weight is 180 g/mol. The molecule has 0 rings (SSSR count). The van der Waals surface area contributed by atoms with E-state index < -0.39 is 5.97 Å². The lowest BCUT2D eigenvalue weighted by Gasteiger charge is -1.99. The van der Waals surface area contributed by atoms with E-state index in [-0.39, 0.29) is 6.42 Å². The maximum Gasteiger partial charge on any atom is 0.303 e. The molecule has 0 saturated heterocycles. The van der Waals surface area contributed by atoms with Crippen molar-refractivity contribution in [3.63, 3.8) is 0 Å². The lowest BCUT2D eigenvalue weighted by atomic mass is 10.1. The standard InChI is InChI=1S/C11H16O2/c1-3-7-10(4-2)8-5-6-9-11(12)13/h3-4,7H,1-2,5-6,8-9H2,(H,12,13)/b10-7+. The van der Waals surface area contributed by atoms with Crippen LogP contribution in [0, 0.1) is 0 Å². The molecule has 0 aliphatic rings. The fraction of sp³-hybridized carbons (Fsp3) is 0.364. The molecule has 0 saturated carbocycles. The van der Waals surface area contributed by atoms with Crippen LogP contribution in [0.5, 0.6) is 0 Å². The van der Waals surface area contributed by atoms with E-state index in [9.17, 15) is 4.79 Å². The third-order valence-corrected chi connectivity index (χ3v) is 1.70. The number of hydrogen-bond donors (Lipinski definition) is 1. The number of unbranched alkanes of at least 4 members (excludes halogenated alkanes) is 1. The van der Waals surface area contributed by atoms with Crippen LogP contribution in [-0.2, 0) is 4.79 Å². The van der Waals surface area contributed by atoms with Crippen LogP contribution >= 0.6 is 0 Å². The maximum absolute atomic E-state index is 10.2. The van der Waals surface area contributed by atoms with Gasteiger partial charge in [0.05, 0.1) is 0 Å². The highest BCUT2D eigenvalue weighted by Crippen LogP contribution is 2.09. The minimum absolute atomic E-state index is 0.249. The molecule has 0 fully saturated rings. The Bertz CT molecular complexity index is 214. The first-order valence-electron chi connectivity index (χ1n) is 4.36. The second kappa shape index (κ2) is 7.35. The van der Waals surface area contributed by atoms with Crippen LogP contribution in [0.25, 0.3) is 0 Å². The molecular weight excluding hydrogens is 164 g/mol. The summed E-state index contributed by atoms with van der Waals surface area (Å²) >= 11 is 0. The summed E-state index contributed by atoms with van der Waals surface area (Å²) in [6.45, 7) is 7.25. The first-order valence-corrected chi connectivity index (χ1v) is 4.36. The molecule has 0 heterocycles. The monoisotopic (exact) mass is 180 g/mol. The van der Waals surface area contributed by atoms with Crippen molar-refractivity contribution in [3.05, 3.63) is 37.0 Å². The predicted molar refractivity (Wildman–Crippen MR) is 54.6 cm³/mol. The molecule has 0 aromatic carbocycles. The molecule has 0 atom stereocenters. The molecule has 72 valence electrons. The minimum atomic E-state index is -0.729. The number of carboxylic acid groups (broad SMARTS) is 1. The fourth-order valence-electron chi connectivity index (χ4n) is 1.01. The molecule has 1 N–H and O–H groups in total. The minimum Gasteiger partial charge on any atom is -0.481 e. The number of carboxylic acids is 1. The van der Waals surface area contributed by atoms with Gasteiger partial charge in [0, 0.05) is 6.42 Å². The van der Waals surface area contributed by atoms with Gasteiger partial charge in [-0.1, -0.05) is 31.4 Å². The summed E-state index contributed by atoms with van der Waals surface area (Å²) in [5.74, 6) is -0.729. The van der Waals surface area contributed by atoms with Crippen LogP contribution in [0.1, 0.15) is 25.7 Å². The van der Waals surface area contributed by atoms with E-state index in [0.29, 0.717) is 0 Å². The van der Waals surface area contributed by atoms with Gasteiger partial charge >= 0.3 is 5.97 Å². The number of rotatable bonds is 7. The van der Waals surface area contributed by atoms with Crippen LogP contribution in [0.2, 0.25) is 0 Å². The van der Waals surface area contributed by atoms with Gasteiger partial charge in [-0.2, -0.15) is 0 Å². The van der Waals surface area contributed by atoms with Gasteiger partial charge < -0.3 is 5.11 Å². The first kappa shape index (κ1) is 11.7. The smallest absolute Gasteiger partial charge is 0.303 e. The molecule has 0 spiro atoms. The zero-order chi connectivity index (χ0) is 10.1. The molecule has 0 unspecified atom stereocenters. The van der Waals surface area contributed by atoms with E-state index in [1.54, 1.807) is 12.2 Å². The van der Waals surface area contributed by atoms with Crippen molar-refractivity contribution in [2.45, 2.75) is 25.7 Å². The summed E-state index contributed by atoms with van der Waals surface area (Å²) in [7, 11) is 0. The van der Waals surface area contributed by atoms with E-state index in [1.165, 1.54) is 0 Å². The summed E-state index contributed by atoms with van der Waals surface area (Å²) in [5, 5.41) is 8.39. The third kappa shape index (κ3) is 7.06. The summed E-state index contributed by atoms with van der Waals surface area (Å²) in [4.78, 5) is 10.2. The second-order valence-electron chi connectivity index (χ2n) is 2.78. The second-order valence-corrected chi connectivity index (χ2v) is 2.78. The molecule has 2 nitrogen and oxygen atoms in total. The van der Waals surface area contributed by atoms with Crippen LogP contribution in [-0.4, -0.2) is 11.1 Å². The molecule has 0 radical (unpaired) electrons. The van der Waals surface area contributed by atoms with Crippen LogP contribution in [0.3, 0.4) is 0 Å². The van der Waals surface area contributed by atoms with Gasteiger partial charge in [0.25, 0.3) is 0 Å². The van der Waals surface area contributed by atoms with Gasteiger partial charge in [-0.15, -0.1) is 0 Å². The topological polar surface area (TPSA) is 37.3 Å². The zero-order valence-corrected chi connectivity index (χ0v) is 7.83. The highest BCUT2D eigenvalue weighted by molar-refractivity contribution is 5.66. The Morgan fingerprint density at radius 2 is 1.85 bits per heavy atom. The summed E-state index contributed by atoms with van der Waals surface area (Å²) in [6, 6.07) is 0. The van der Waals surface area contributed by atoms with Crippen LogP contribution < -0.4 is 0 Å². The molecular formula is C11H16O2.